The Hall–Kier alpha value is -2.95. The number of alkyl halides is 3. The van der Waals surface area contributed by atoms with Crippen molar-refractivity contribution in [2.24, 2.45) is 0 Å². The minimum atomic E-state index is -4.59. The van der Waals surface area contributed by atoms with Crippen molar-refractivity contribution in [3.8, 4) is 11.5 Å². The highest BCUT2D eigenvalue weighted by atomic mass is 35.5. The van der Waals surface area contributed by atoms with Crippen molar-refractivity contribution >= 4 is 23.2 Å². The number of carbonyl (C=O) groups is 1. The molecule has 3 aromatic rings. The predicted molar refractivity (Wildman–Crippen MR) is 117 cm³/mol. The maximum absolute atomic E-state index is 13.0. The first kappa shape index (κ1) is 23.2. The van der Waals surface area contributed by atoms with E-state index in [4.69, 9.17) is 16.0 Å². The quantitative estimate of drug-likeness (QED) is 0.572. The lowest BCUT2D eigenvalue weighted by Crippen LogP contribution is -2.48. The molecule has 4 rings (SSSR count). The molecule has 1 amide bonds. The molecular weight excluding hydrogens is 459 g/mol. The summed E-state index contributed by atoms with van der Waals surface area (Å²) in [7, 11) is 0. The van der Waals surface area contributed by atoms with E-state index in [1.54, 1.807) is 0 Å². The first-order valence-electron chi connectivity index (χ1n) is 10.3. The number of carbonyl (C=O) groups excluding carboxylic acids is 1. The number of amides is 1. The second-order valence-electron chi connectivity index (χ2n) is 7.66. The van der Waals surface area contributed by atoms with Gasteiger partial charge in [0.05, 0.1) is 23.7 Å². The molecule has 0 saturated carbocycles. The molecule has 7 nitrogen and oxygen atoms in total. The lowest BCUT2D eigenvalue weighted by molar-refractivity contribution is -0.137. The van der Waals surface area contributed by atoms with Gasteiger partial charge in [-0.15, -0.1) is 10.2 Å². The van der Waals surface area contributed by atoms with Crippen molar-refractivity contribution in [1.29, 1.82) is 0 Å². The average molecular weight is 480 g/mol. The van der Waals surface area contributed by atoms with Gasteiger partial charge in [0, 0.05) is 37.4 Å². The lowest BCUT2D eigenvalue weighted by atomic mass is 10.2. The van der Waals surface area contributed by atoms with Gasteiger partial charge in [-0.3, -0.25) is 14.6 Å². The number of rotatable bonds is 6. The number of benzene rings is 2. The molecule has 1 aromatic heterocycles. The summed E-state index contributed by atoms with van der Waals surface area (Å²) >= 11 is 5.62. The van der Waals surface area contributed by atoms with Crippen LogP contribution in [-0.4, -0.2) is 58.6 Å². The van der Waals surface area contributed by atoms with Gasteiger partial charge >= 0.3 is 6.18 Å². The summed E-state index contributed by atoms with van der Waals surface area (Å²) in [6, 6.07) is 12.8. The van der Waals surface area contributed by atoms with Gasteiger partial charge < -0.3 is 9.73 Å². The standard InChI is InChI=1S/C22H21ClF3N5O2/c23-18-7-6-16(12-17(18)22(24,25)26)27-19(32)13-30-8-10-31(11-9-30)14-20-28-29-21(33-20)15-4-2-1-3-5-15/h1-7,12H,8-11,13-14H2,(H,27,32). The van der Waals surface area contributed by atoms with E-state index in [0.29, 0.717) is 44.5 Å². The van der Waals surface area contributed by atoms with Crippen molar-refractivity contribution in [3.63, 3.8) is 0 Å². The van der Waals surface area contributed by atoms with E-state index in [9.17, 15) is 18.0 Å². The van der Waals surface area contributed by atoms with E-state index in [-0.39, 0.29) is 18.1 Å². The summed E-state index contributed by atoms with van der Waals surface area (Å²) in [6.45, 7) is 3.22. The van der Waals surface area contributed by atoms with Crippen molar-refractivity contribution in [1.82, 2.24) is 20.0 Å². The number of nitrogens with one attached hydrogen (secondary N) is 1. The number of aromatic nitrogens is 2. The molecule has 174 valence electrons. The van der Waals surface area contributed by atoms with Gasteiger partial charge in [0.25, 0.3) is 0 Å². The first-order chi connectivity index (χ1) is 15.8. The fraction of sp³-hybridized carbons (Fsp3) is 0.318. The molecule has 2 aromatic carbocycles. The molecule has 33 heavy (non-hydrogen) atoms. The highest BCUT2D eigenvalue weighted by Crippen LogP contribution is 2.36. The summed E-state index contributed by atoms with van der Waals surface area (Å²) < 4.78 is 44.7. The third-order valence-corrected chi connectivity index (χ3v) is 5.56. The Balaban J connectivity index is 1.25. The third-order valence-electron chi connectivity index (χ3n) is 5.23. The number of hydrogen-bond donors (Lipinski definition) is 1. The van der Waals surface area contributed by atoms with Crippen molar-refractivity contribution in [2.45, 2.75) is 12.7 Å². The summed E-state index contributed by atoms with van der Waals surface area (Å²) in [5.74, 6) is 0.600. The minimum absolute atomic E-state index is 0.0565. The zero-order chi connectivity index (χ0) is 23.4. The zero-order valence-electron chi connectivity index (χ0n) is 17.5. The first-order valence-corrected chi connectivity index (χ1v) is 10.6. The summed E-state index contributed by atoms with van der Waals surface area (Å²) in [5, 5.41) is 10.3. The average Bonchev–Trinajstić information content (AvgIpc) is 3.25. The maximum Gasteiger partial charge on any atom is 0.417 e. The van der Waals surface area contributed by atoms with E-state index in [0.717, 1.165) is 17.7 Å². The summed E-state index contributed by atoms with van der Waals surface area (Å²) in [5.41, 5.74) is -0.0665. The smallest absolute Gasteiger partial charge is 0.417 e. The monoisotopic (exact) mass is 479 g/mol. The van der Waals surface area contributed by atoms with Crippen LogP contribution in [0, 0.1) is 0 Å². The van der Waals surface area contributed by atoms with Crippen molar-refractivity contribution in [2.75, 3.05) is 38.0 Å². The number of anilines is 1. The molecule has 1 aliphatic heterocycles. The number of halogens is 4. The second-order valence-corrected chi connectivity index (χ2v) is 8.07. The number of piperazine rings is 1. The molecule has 0 unspecified atom stereocenters. The molecule has 1 saturated heterocycles. The van der Waals surface area contributed by atoms with E-state index >= 15 is 0 Å². The Kier molecular flexibility index (Phi) is 6.96. The largest absolute Gasteiger partial charge is 0.419 e. The molecule has 0 atom stereocenters. The molecule has 2 heterocycles. The van der Waals surface area contributed by atoms with E-state index in [1.807, 2.05) is 35.2 Å². The Morgan fingerprint density at radius 1 is 1.03 bits per heavy atom. The van der Waals surface area contributed by atoms with E-state index in [2.05, 4.69) is 20.4 Å². The lowest BCUT2D eigenvalue weighted by Gasteiger charge is -2.33. The van der Waals surface area contributed by atoms with Gasteiger partial charge in [0.2, 0.25) is 17.7 Å². The molecule has 0 radical (unpaired) electrons. The minimum Gasteiger partial charge on any atom is -0.419 e. The van der Waals surface area contributed by atoms with Gasteiger partial charge in [-0.2, -0.15) is 13.2 Å². The SMILES string of the molecule is O=C(CN1CCN(Cc2nnc(-c3ccccc3)o2)CC1)Nc1ccc(Cl)c(C(F)(F)F)c1. The number of nitrogens with zero attached hydrogens (tertiary/aromatic N) is 4. The Bertz CT molecular complexity index is 1100. The molecule has 1 fully saturated rings. The molecule has 1 N–H and O–H groups in total. The normalized spacial score (nSPS) is 15.5. The highest BCUT2D eigenvalue weighted by molar-refractivity contribution is 6.31. The summed E-state index contributed by atoms with van der Waals surface area (Å²) in [4.78, 5) is 16.4. The van der Waals surface area contributed by atoms with Crippen LogP contribution < -0.4 is 5.32 Å². The topological polar surface area (TPSA) is 74.5 Å². The van der Waals surface area contributed by atoms with E-state index < -0.39 is 16.8 Å². The number of hydrogen-bond acceptors (Lipinski definition) is 6. The Morgan fingerprint density at radius 2 is 1.73 bits per heavy atom. The molecule has 1 aliphatic rings. The second kappa shape index (κ2) is 9.90. The fourth-order valence-electron chi connectivity index (χ4n) is 3.54. The molecule has 11 heteroatoms. The van der Waals surface area contributed by atoms with Crippen molar-refractivity contribution in [3.05, 3.63) is 65.0 Å². The van der Waals surface area contributed by atoms with Gasteiger partial charge in [-0.05, 0) is 30.3 Å². The van der Waals surface area contributed by atoms with Gasteiger partial charge in [0.15, 0.2) is 0 Å². The summed E-state index contributed by atoms with van der Waals surface area (Å²) in [6.07, 6.45) is -4.59. The molecule has 0 aliphatic carbocycles. The van der Waals surface area contributed by atoms with Crippen LogP contribution in [0.25, 0.3) is 11.5 Å². The predicted octanol–water partition coefficient (Wildman–Crippen LogP) is 4.17. The highest BCUT2D eigenvalue weighted by Gasteiger charge is 2.33. The van der Waals surface area contributed by atoms with Gasteiger partial charge in [0.1, 0.15) is 0 Å². The van der Waals surface area contributed by atoms with Gasteiger partial charge in [-0.25, -0.2) is 0 Å². The van der Waals surface area contributed by atoms with Crippen LogP contribution in [0.1, 0.15) is 11.5 Å². The third kappa shape index (κ3) is 6.10. The van der Waals surface area contributed by atoms with Crippen LogP contribution in [0.3, 0.4) is 0 Å². The van der Waals surface area contributed by atoms with E-state index in [1.165, 1.54) is 6.07 Å². The molecule has 0 spiro atoms. The molecule has 0 bridgehead atoms. The Morgan fingerprint density at radius 3 is 2.42 bits per heavy atom. The molecular formula is C22H21ClF3N5O2. The van der Waals surface area contributed by atoms with Crippen LogP contribution >= 0.6 is 11.6 Å². The van der Waals surface area contributed by atoms with Crippen LogP contribution in [0.4, 0.5) is 18.9 Å². The zero-order valence-corrected chi connectivity index (χ0v) is 18.2. The van der Waals surface area contributed by atoms with Crippen LogP contribution in [0.2, 0.25) is 5.02 Å². The fourth-order valence-corrected chi connectivity index (χ4v) is 3.76. The van der Waals surface area contributed by atoms with Crippen molar-refractivity contribution < 1.29 is 22.4 Å². The van der Waals surface area contributed by atoms with Gasteiger partial charge in [-0.1, -0.05) is 29.8 Å². The maximum atomic E-state index is 13.0. The van der Waals surface area contributed by atoms with Crippen LogP contribution in [0.15, 0.2) is 52.9 Å². The van der Waals surface area contributed by atoms with Crippen LogP contribution in [-0.2, 0) is 17.5 Å². The Labute approximate surface area is 193 Å². The van der Waals surface area contributed by atoms with Crippen LogP contribution in [0.5, 0.6) is 0 Å².